The van der Waals surface area contributed by atoms with Gasteiger partial charge in [0.25, 0.3) is 0 Å². The minimum atomic E-state index is 0.459. The Morgan fingerprint density at radius 3 is 2.40 bits per heavy atom. The van der Waals surface area contributed by atoms with E-state index >= 15 is 0 Å². The number of nitrogens with one attached hydrogen (secondary N) is 1. The standard InChI is InChI=1S/C17H27NO2/c1-13-11-17(2,3)12-16(13)18-14-5-7-15(8-6-14)20-10-9-19-4/h5-8,13,16,18H,9-12H2,1-4H3. The maximum Gasteiger partial charge on any atom is 0.119 e. The lowest BCUT2D eigenvalue weighted by molar-refractivity contribution is 0.146. The minimum Gasteiger partial charge on any atom is -0.491 e. The molecule has 1 fully saturated rings. The molecule has 3 heteroatoms. The van der Waals surface area contributed by atoms with E-state index < -0.39 is 0 Å². The van der Waals surface area contributed by atoms with E-state index in [1.807, 2.05) is 12.1 Å². The first-order valence-electron chi connectivity index (χ1n) is 7.48. The highest BCUT2D eigenvalue weighted by molar-refractivity contribution is 5.47. The highest BCUT2D eigenvalue weighted by Gasteiger charge is 2.36. The molecule has 0 aromatic heterocycles. The molecule has 0 heterocycles. The van der Waals surface area contributed by atoms with Crippen molar-refractivity contribution in [1.82, 2.24) is 0 Å². The highest BCUT2D eigenvalue weighted by Crippen LogP contribution is 2.42. The molecular weight excluding hydrogens is 250 g/mol. The Bertz CT molecular complexity index is 414. The van der Waals surface area contributed by atoms with E-state index in [1.165, 1.54) is 18.5 Å². The van der Waals surface area contributed by atoms with Crippen LogP contribution in [0.5, 0.6) is 5.75 Å². The largest absolute Gasteiger partial charge is 0.491 e. The van der Waals surface area contributed by atoms with Gasteiger partial charge in [0.15, 0.2) is 0 Å². The average Bonchev–Trinajstić information content (AvgIpc) is 2.65. The van der Waals surface area contributed by atoms with E-state index in [2.05, 4.69) is 38.2 Å². The van der Waals surface area contributed by atoms with Crippen LogP contribution in [-0.4, -0.2) is 26.4 Å². The summed E-state index contributed by atoms with van der Waals surface area (Å²) in [5.74, 6) is 1.62. The summed E-state index contributed by atoms with van der Waals surface area (Å²) in [5, 5.41) is 3.66. The van der Waals surface area contributed by atoms with Gasteiger partial charge >= 0.3 is 0 Å². The molecule has 0 bridgehead atoms. The number of rotatable bonds is 6. The van der Waals surface area contributed by atoms with E-state index in [4.69, 9.17) is 9.47 Å². The molecule has 1 N–H and O–H groups in total. The van der Waals surface area contributed by atoms with Crippen molar-refractivity contribution < 1.29 is 9.47 Å². The summed E-state index contributed by atoms with van der Waals surface area (Å²) in [4.78, 5) is 0. The predicted octanol–water partition coefficient (Wildman–Crippen LogP) is 3.95. The van der Waals surface area contributed by atoms with Gasteiger partial charge in [-0.1, -0.05) is 20.8 Å². The summed E-state index contributed by atoms with van der Waals surface area (Å²) in [6.45, 7) is 8.27. The van der Waals surface area contributed by atoms with Crippen molar-refractivity contribution in [1.29, 1.82) is 0 Å². The summed E-state index contributed by atoms with van der Waals surface area (Å²) in [7, 11) is 1.68. The number of methoxy groups -OCH3 is 1. The van der Waals surface area contributed by atoms with Crippen LogP contribution in [0.15, 0.2) is 24.3 Å². The molecule has 1 aromatic rings. The van der Waals surface area contributed by atoms with Gasteiger partial charge in [0.1, 0.15) is 12.4 Å². The second kappa shape index (κ2) is 6.49. The minimum absolute atomic E-state index is 0.459. The number of hydrogen-bond acceptors (Lipinski definition) is 3. The van der Waals surface area contributed by atoms with Gasteiger partial charge in [-0.3, -0.25) is 0 Å². The molecule has 3 nitrogen and oxygen atoms in total. The van der Waals surface area contributed by atoms with Crippen molar-refractivity contribution in [3.05, 3.63) is 24.3 Å². The van der Waals surface area contributed by atoms with Crippen molar-refractivity contribution in [2.24, 2.45) is 11.3 Å². The third-order valence-electron chi connectivity index (χ3n) is 4.10. The molecule has 1 saturated carbocycles. The molecular formula is C17H27NO2. The SMILES string of the molecule is COCCOc1ccc(NC2CC(C)(C)CC2C)cc1. The monoisotopic (exact) mass is 277 g/mol. The Balaban J connectivity index is 1.87. The van der Waals surface area contributed by atoms with Crippen LogP contribution in [0.25, 0.3) is 0 Å². The van der Waals surface area contributed by atoms with Crippen molar-refractivity contribution in [2.75, 3.05) is 25.6 Å². The van der Waals surface area contributed by atoms with Crippen LogP contribution in [0, 0.1) is 11.3 Å². The third kappa shape index (κ3) is 4.14. The zero-order chi connectivity index (χ0) is 14.6. The molecule has 0 radical (unpaired) electrons. The first kappa shape index (κ1) is 15.2. The molecule has 1 aliphatic rings. The molecule has 0 saturated heterocycles. The summed E-state index contributed by atoms with van der Waals surface area (Å²) in [6, 6.07) is 8.80. The molecule has 0 amide bonds. The fourth-order valence-electron chi connectivity index (χ4n) is 3.19. The molecule has 2 atom stereocenters. The second-order valence-corrected chi connectivity index (χ2v) is 6.67. The maximum atomic E-state index is 5.57. The lowest BCUT2D eigenvalue weighted by atomic mass is 9.91. The van der Waals surface area contributed by atoms with Gasteiger partial charge in [-0.25, -0.2) is 0 Å². The first-order chi connectivity index (χ1) is 9.50. The molecule has 1 aliphatic carbocycles. The van der Waals surface area contributed by atoms with Gasteiger partial charge < -0.3 is 14.8 Å². The fourth-order valence-corrected chi connectivity index (χ4v) is 3.19. The van der Waals surface area contributed by atoms with Crippen LogP contribution < -0.4 is 10.1 Å². The lowest BCUT2D eigenvalue weighted by Gasteiger charge is -2.20. The van der Waals surface area contributed by atoms with Crippen LogP contribution >= 0.6 is 0 Å². The van der Waals surface area contributed by atoms with Crippen molar-refractivity contribution in [3.8, 4) is 5.75 Å². The number of benzene rings is 1. The maximum absolute atomic E-state index is 5.57. The van der Waals surface area contributed by atoms with E-state index in [0.717, 1.165) is 11.7 Å². The summed E-state index contributed by atoms with van der Waals surface area (Å²) >= 11 is 0. The molecule has 1 aromatic carbocycles. The summed E-state index contributed by atoms with van der Waals surface area (Å²) < 4.78 is 10.5. The number of ether oxygens (including phenoxy) is 2. The van der Waals surface area contributed by atoms with Gasteiger partial charge in [-0.2, -0.15) is 0 Å². The molecule has 20 heavy (non-hydrogen) atoms. The smallest absolute Gasteiger partial charge is 0.119 e. The molecule has 0 spiro atoms. The van der Waals surface area contributed by atoms with Crippen molar-refractivity contribution in [3.63, 3.8) is 0 Å². The van der Waals surface area contributed by atoms with Crippen LogP contribution in [0.4, 0.5) is 5.69 Å². The molecule has 2 unspecified atom stereocenters. The Morgan fingerprint density at radius 2 is 1.85 bits per heavy atom. The highest BCUT2D eigenvalue weighted by atomic mass is 16.5. The molecule has 0 aliphatic heterocycles. The predicted molar refractivity (Wildman–Crippen MR) is 83.4 cm³/mol. The second-order valence-electron chi connectivity index (χ2n) is 6.67. The van der Waals surface area contributed by atoms with E-state index in [9.17, 15) is 0 Å². The van der Waals surface area contributed by atoms with Gasteiger partial charge in [0.05, 0.1) is 6.61 Å². The van der Waals surface area contributed by atoms with Crippen LogP contribution in [0.3, 0.4) is 0 Å². The summed E-state index contributed by atoms with van der Waals surface area (Å²) in [6.07, 6.45) is 2.53. The van der Waals surface area contributed by atoms with Crippen molar-refractivity contribution >= 4 is 5.69 Å². The first-order valence-corrected chi connectivity index (χ1v) is 7.48. The zero-order valence-electron chi connectivity index (χ0n) is 13.1. The third-order valence-corrected chi connectivity index (χ3v) is 4.10. The Hall–Kier alpha value is -1.22. The van der Waals surface area contributed by atoms with Gasteiger partial charge in [0, 0.05) is 18.8 Å². The van der Waals surface area contributed by atoms with E-state index in [0.29, 0.717) is 24.7 Å². The Morgan fingerprint density at radius 1 is 1.15 bits per heavy atom. The lowest BCUT2D eigenvalue weighted by Crippen LogP contribution is -2.22. The number of anilines is 1. The van der Waals surface area contributed by atoms with Crippen LogP contribution in [0.2, 0.25) is 0 Å². The van der Waals surface area contributed by atoms with Gasteiger partial charge in [0.2, 0.25) is 0 Å². The van der Waals surface area contributed by atoms with Gasteiger partial charge in [-0.05, 0) is 48.4 Å². The van der Waals surface area contributed by atoms with Crippen LogP contribution in [-0.2, 0) is 4.74 Å². The van der Waals surface area contributed by atoms with Gasteiger partial charge in [-0.15, -0.1) is 0 Å². The van der Waals surface area contributed by atoms with E-state index in [1.54, 1.807) is 7.11 Å². The average molecular weight is 277 g/mol. The molecule has 112 valence electrons. The quantitative estimate of drug-likeness (QED) is 0.799. The van der Waals surface area contributed by atoms with E-state index in [-0.39, 0.29) is 0 Å². The van der Waals surface area contributed by atoms with Crippen LogP contribution in [0.1, 0.15) is 33.6 Å². The summed E-state index contributed by atoms with van der Waals surface area (Å²) in [5.41, 5.74) is 1.64. The fraction of sp³-hybridized carbons (Fsp3) is 0.647. The topological polar surface area (TPSA) is 30.5 Å². The zero-order valence-corrected chi connectivity index (χ0v) is 13.1. The Labute approximate surface area is 122 Å². The molecule has 2 rings (SSSR count). The Kier molecular flexibility index (Phi) is 4.92. The van der Waals surface area contributed by atoms with Crippen molar-refractivity contribution in [2.45, 2.75) is 39.7 Å². The number of hydrogen-bond donors (Lipinski definition) is 1. The normalized spacial score (nSPS) is 24.6.